The standard InChI is InChI=1S/C30H47NO9/c1-10-13-20(4)38-28(35)37-17-16-31-22(25(32)36-9)18-21-14-15-23(39-26(33)29(5,6)11-2)24(19-21)40-27(34)30(7,8)12-3/h14-15,19-20,22,31H,10-13,16-18H2,1-9H3/t20?,22-/m0/s1. The summed E-state index contributed by atoms with van der Waals surface area (Å²) in [6.45, 7) is 14.8. The molecule has 0 aromatic heterocycles. The Hall–Kier alpha value is -3.14. The van der Waals surface area contributed by atoms with Crippen molar-refractivity contribution < 1.29 is 42.9 Å². The normalized spacial score (nSPS) is 13.1. The number of ether oxygens (including phenoxy) is 5. The Morgan fingerprint density at radius 2 is 1.48 bits per heavy atom. The van der Waals surface area contributed by atoms with E-state index in [1.165, 1.54) is 7.11 Å². The highest BCUT2D eigenvalue weighted by atomic mass is 16.7. The van der Waals surface area contributed by atoms with Crippen LogP contribution in [0.4, 0.5) is 4.79 Å². The van der Waals surface area contributed by atoms with Gasteiger partial charge in [-0.15, -0.1) is 0 Å². The van der Waals surface area contributed by atoms with Gasteiger partial charge in [0.05, 0.1) is 17.9 Å². The Morgan fingerprint density at radius 1 is 0.900 bits per heavy atom. The molecule has 1 rings (SSSR count). The van der Waals surface area contributed by atoms with Crippen LogP contribution in [0.3, 0.4) is 0 Å². The van der Waals surface area contributed by atoms with Crippen LogP contribution in [0.1, 0.15) is 86.6 Å². The van der Waals surface area contributed by atoms with Crippen molar-refractivity contribution in [3.8, 4) is 11.5 Å². The van der Waals surface area contributed by atoms with Crippen LogP contribution in [0, 0.1) is 10.8 Å². The third-order valence-corrected chi connectivity index (χ3v) is 6.92. The Labute approximate surface area is 238 Å². The first-order valence-electron chi connectivity index (χ1n) is 13.9. The predicted molar refractivity (Wildman–Crippen MR) is 150 cm³/mol. The van der Waals surface area contributed by atoms with E-state index in [9.17, 15) is 19.2 Å². The van der Waals surface area contributed by atoms with Crippen LogP contribution in [-0.2, 0) is 35.0 Å². The zero-order valence-electron chi connectivity index (χ0n) is 25.5. The maximum atomic E-state index is 12.9. The van der Waals surface area contributed by atoms with E-state index in [1.54, 1.807) is 52.8 Å². The number of carbonyl (C=O) groups excluding carboxylic acids is 4. The molecular weight excluding hydrogens is 518 g/mol. The molecule has 0 fully saturated rings. The number of benzene rings is 1. The second-order valence-electron chi connectivity index (χ2n) is 11.1. The minimum Gasteiger partial charge on any atom is -0.468 e. The highest BCUT2D eigenvalue weighted by Crippen LogP contribution is 2.34. The van der Waals surface area contributed by atoms with E-state index >= 15 is 0 Å². The van der Waals surface area contributed by atoms with Crippen molar-refractivity contribution in [3.63, 3.8) is 0 Å². The Bertz CT molecular complexity index is 1000. The Kier molecular flexibility index (Phi) is 14.1. The molecule has 0 amide bonds. The van der Waals surface area contributed by atoms with Gasteiger partial charge in [-0.2, -0.15) is 0 Å². The smallest absolute Gasteiger partial charge is 0.468 e. The molecule has 40 heavy (non-hydrogen) atoms. The molecule has 1 aromatic carbocycles. The zero-order valence-corrected chi connectivity index (χ0v) is 25.5. The van der Waals surface area contributed by atoms with Crippen LogP contribution in [0.25, 0.3) is 0 Å². The van der Waals surface area contributed by atoms with Gasteiger partial charge in [-0.1, -0.05) is 33.3 Å². The van der Waals surface area contributed by atoms with Gasteiger partial charge in [-0.05, 0) is 78.0 Å². The van der Waals surface area contributed by atoms with Gasteiger partial charge in [0.25, 0.3) is 0 Å². The van der Waals surface area contributed by atoms with Gasteiger partial charge >= 0.3 is 24.1 Å². The third kappa shape index (κ3) is 11.2. The third-order valence-electron chi connectivity index (χ3n) is 6.92. The first kappa shape index (κ1) is 34.9. The van der Waals surface area contributed by atoms with E-state index in [4.69, 9.17) is 23.7 Å². The van der Waals surface area contributed by atoms with Crippen LogP contribution in [0.5, 0.6) is 11.5 Å². The quantitative estimate of drug-likeness (QED) is 0.158. The molecule has 0 aliphatic rings. The van der Waals surface area contributed by atoms with E-state index in [0.29, 0.717) is 18.4 Å². The van der Waals surface area contributed by atoms with E-state index in [0.717, 1.165) is 12.8 Å². The highest BCUT2D eigenvalue weighted by Gasteiger charge is 2.32. The summed E-state index contributed by atoms with van der Waals surface area (Å²) < 4.78 is 26.5. The maximum Gasteiger partial charge on any atom is 0.508 e. The molecule has 0 radical (unpaired) electrons. The molecule has 0 aliphatic carbocycles. The van der Waals surface area contributed by atoms with Gasteiger partial charge < -0.3 is 29.0 Å². The average molecular weight is 566 g/mol. The van der Waals surface area contributed by atoms with Crippen molar-refractivity contribution in [2.45, 2.75) is 99.6 Å². The predicted octanol–water partition coefficient (Wildman–Crippen LogP) is 5.39. The molecule has 1 aromatic rings. The maximum absolute atomic E-state index is 12.9. The van der Waals surface area contributed by atoms with Crippen molar-refractivity contribution in [2.75, 3.05) is 20.3 Å². The monoisotopic (exact) mass is 565 g/mol. The fraction of sp³-hybridized carbons (Fsp3) is 0.667. The summed E-state index contributed by atoms with van der Waals surface area (Å²) in [5, 5.41) is 3.02. The number of hydrogen-bond donors (Lipinski definition) is 1. The van der Waals surface area contributed by atoms with Gasteiger partial charge in [0.1, 0.15) is 18.8 Å². The number of hydrogen-bond acceptors (Lipinski definition) is 10. The number of rotatable bonds is 16. The van der Waals surface area contributed by atoms with E-state index in [1.807, 2.05) is 20.8 Å². The number of nitrogens with one attached hydrogen (secondary N) is 1. The van der Waals surface area contributed by atoms with Crippen molar-refractivity contribution in [2.24, 2.45) is 10.8 Å². The van der Waals surface area contributed by atoms with Gasteiger partial charge in [0.2, 0.25) is 0 Å². The average Bonchev–Trinajstić information content (AvgIpc) is 2.90. The van der Waals surface area contributed by atoms with Crippen LogP contribution in [0.15, 0.2) is 18.2 Å². The summed E-state index contributed by atoms with van der Waals surface area (Å²) in [5.41, 5.74) is -0.861. The largest absolute Gasteiger partial charge is 0.508 e. The first-order chi connectivity index (χ1) is 18.7. The summed E-state index contributed by atoms with van der Waals surface area (Å²) in [5.74, 6) is -1.25. The number of carbonyl (C=O) groups is 4. The molecule has 0 saturated heterocycles. The summed E-state index contributed by atoms with van der Waals surface area (Å²) in [7, 11) is 1.28. The lowest BCUT2D eigenvalue weighted by atomic mass is 9.90. The topological polar surface area (TPSA) is 126 Å². The molecule has 0 saturated carbocycles. The molecule has 1 unspecified atom stereocenters. The lowest BCUT2D eigenvalue weighted by molar-refractivity contribution is -0.147. The summed E-state index contributed by atoms with van der Waals surface area (Å²) in [6.07, 6.45) is 1.89. The fourth-order valence-electron chi connectivity index (χ4n) is 3.26. The van der Waals surface area contributed by atoms with Crippen LogP contribution in [0.2, 0.25) is 0 Å². The molecule has 10 nitrogen and oxygen atoms in total. The molecule has 1 N–H and O–H groups in total. The minimum atomic E-state index is -0.785. The van der Waals surface area contributed by atoms with Crippen molar-refractivity contribution in [1.82, 2.24) is 5.32 Å². The van der Waals surface area contributed by atoms with Gasteiger partial charge in [-0.25, -0.2) is 4.79 Å². The molecule has 10 heteroatoms. The fourth-order valence-corrected chi connectivity index (χ4v) is 3.26. The summed E-state index contributed by atoms with van der Waals surface area (Å²) in [4.78, 5) is 49.9. The van der Waals surface area contributed by atoms with Crippen LogP contribution < -0.4 is 14.8 Å². The lowest BCUT2D eigenvalue weighted by Crippen LogP contribution is -2.41. The molecule has 0 heterocycles. The van der Waals surface area contributed by atoms with E-state index in [2.05, 4.69) is 5.32 Å². The van der Waals surface area contributed by atoms with Gasteiger partial charge in [-0.3, -0.25) is 14.4 Å². The second-order valence-corrected chi connectivity index (χ2v) is 11.1. The SMILES string of the molecule is CCCC(C)OC(=O)OCCN[C@@H](Cc1ccc(OC(=O)C(C)(C)CC)c(OC(=O)C(C)(C)CC)c1)C(=O)OC. The second kappa shape index (κ2) is 16.2. The number of methoxy groups -OCH3 is 1. The van der Waals surface area contributed by atoms with E-state index in [-0.39, 0.29) is 37.2 Å². The van der Waals surface area contributed by atoms with Gasteiger partial charge in [0.15, 0.2) is 11.5 Å². The molecular formula is C30H47NO9. The highest BCUT2D eigenvalue weighted by molar-refractivity contribution is 5.81. The summed E-state index contributed by atoms with van der Waals surface area (Å²) in [6, 6.07) is 4.02. The molecule has 0 spiro atoms. The van der Waals surface area contributed by atoms with Crippen molar-refractivity contribution in [3.05, 3.63) is 23.8 Å². The zero-order chi connectivity index (χ0) is 30.5. The molecule has 0 aliphatic heterocycles. The first-order valence-corrected chi connectivity index (χ1v) is 13.9. The van der Waals surface area contributed by atoms with Crippen molar-refractivity contribution >= 4 is 24.1 Å². The van der Waals surface area contributed by atoms with Crippen LogP contribution >= 0.6 is 0 Å². The Balaban J connectivity index is 3.07. The lowest BCUT2D eigenvalue weighted by Gasteiger charge is -2.24. The van der Waals surface area contributed by atoms with Crippen LogP contribution in [-0.4, -0.2) is 56.5 Å². The summed E-state index contributed by atoms with van der Waals surface area (Å²) >= 11 is 0. The molecule has 0 bridgehead atoms. The molecule has 2 atom stereocenters. The van der Waals surface area contributed by atoms with Crippen molar-refractivity contribution in [1.29, 1.82) is 0 Å². The van der Waals surface area contributed by atoms with E-state index < -0.39 is 40.9 Å². The number of esters is 3. The van der Waals surface area contributed by atoms with Gasteiger partial charge in [0, 0.05) is 6.54 Å². The Morgan fingerprint density at radius 3 is 2.00 bits per heavy atom. The minimum absolute atomic E-state index is 0.0117. The molecule has 226 valence electrons.